The Labute approximate surface area is 141 Å². The van der Waals surface area contributed by atoms with E-state index < -0.39 is 5.97 Å². The van der Waals surface area contributed by atoms with Crippen LogP contribution in [0.1, 0.15) is 22.5 Å². The number of carboxylic acids is 1. The quantitative estimate of drug-likeness (QED) is 0.893. The lowest BCUT2D eigenvalue weighted by Gasteiger charge is -2.18. The van der Waals surface area contributed by atoms with Crippen LogP contribution in [0.3, 0.4) is 0 Å². The van der Waals surface area contributed by atoms with E-state index in [4.69, 9.17) is 14.6 Å². The van der Waals surface area contributed by atoms with E-state index in [1.54, 1.807) is 0 Å². The maximum absolute atomic E-state index is 12.6. The number of rotatable bonds is 5. The van der Waals surface area contributed by atoms with Gasteiger partial charge in [0.2, 0.25) is 6.79 Å². The Bertz CT molecular complexity index is 815. The van der Waals surface area contributed by atoms with Gasteiger partial charge in [-0.2, -0.15) is 0 Å². The summed E-state index contributed by atoms with van der Waals surface area (Å²) in [6, 6.07) is 5.52. The maximum Gasteiger partial charge on any atom is 0.323 e. The van der Waals surface area contributed by atoms with Crippen molar-refractivity contribution in [2.45, 2.75) is 18.9 Å². The van der Waals surface area contributed by atoms with Crippen molar-refractivity contribution in [2.75, 3.05) is 13.3 Å². The Morgan fingerprint density at radius 3 is 2.83 bits per heavy atom. The number of aromatic nitrogens is 1. The molecule has 124 valence electrons. The highest BCUT2D eigenvalue weighted by atomic mass is 32.1. The minimum atomic E-state index is -1.00. The summed E-state index contributed by atoms with van der Waals surface area (Å²) in [7, 11) is 0. The van der Waals surface area contributed by atoms with E-state index >= 15 is 0 Å². The molecule has 0 saturated heterocycles. The fourth-order valence-electron chi connectivity index (χ4n) is 2.58. The topological polar surface area (TPSA) is 89.0 Å². The molecular formula is C16H14N2O5S. The van der Waals surface area contributed by atoms with Gasteiger partial charge in [0, 0.05) is 11.6 Å². The number of carboxylic acid groups (broad SMARTS) is 1. The summed E-state index contributed by atoms with van der Waals surface area (Å²) in [6.07, 6.45) is 3.21. The van der Waals surface area contributed by atoms with Gasteiger partial charge in [0.1, 0.15) is 16.4 Å². The van der Waals surface area contributed by atoms with Crippen LogP contribution in [0.25, 0.3) is 10.6 Å². The van der Waals surface area contributed by atoms with Crippen LogP contribution in [0, 0.1) is 0 Å². The minimum Gasteiger partial charge on any atom is -0.480 e. The Morgan fingerprint density at radius 2 is 2.08 bits per heavy atom. The number of amides is 1. The number of ether oxygens (including phenoxy) is 2. The molecule has 1 N–H and O–H groups in total. The van der Waals surface area contributed by atoms with Gasteiger partial charge >= 0.3 is 5.97 Å². The van der Waals surface area contributed by atoms with Crippen molar-refractivity contribution in [3.8, 4) is 22.1 Å². The van der Waals surface area contributed by atoms with E-state index in [2.05, 4.69) is 4.98 Å². The van der Waals surface area contributed by atoms with Crippen LogP contribution >= 0.6 is 11.3 Å². The van der Waals surface area contributed by atoms with E-state index in [0.29, 0.717) is 21.4 Å². The molecule has 1 aliphatic carbocycles. The van der Waals surface area contributed by atoms with Crippen LogP contribution in [-0.4, -0.2) is 46.2 Å². The van der Waals surface area contributed by atoms with Gasteiger partial charge in [-0.15, -0.1) is 11.3 Å². The molecule has 24 heavy (non-hydrogen) atoms. The van der Waals surface area contributed by atoms with Gasteiger partial charge in [0.15, 0.2) is 11.5 Å². The van der Waals surface area contributed by atoms with Crippen LogP contribution < -0.4 is 9.47 Å². The Morgan fingerprint density at radius 1 is 1.29 bits per heavy atom. The molecule has 1 saturated carbocycles. The molecule has 1 amide bonds. The average molecular weight is 346 g/mol. The van der Waals surface area contributed by atoms with Gasteiger partial charge in [0.25, 0.3) is 5.91 Å². The van der Waals surface area contributed by atoms with Crippen LogP contribution in [0.4, 0.5) is 0 Å². The summed E-state index contributed by atoms with van der Waals surface area (Å²) in [5.74, 6) is 0.0641. The lowest BCUT2D eigenvalue weighted by molar-refractivity contribution is -0.137. The first-order chi connectivity index (χ1) is 11.6. The van der Waals surface area contributed by atoms with Gasteiger partial charge in [-0.3, -0.25) is 9.59 Å². The third kappa shape index (κ3) is 2.80. The fourth-order valence-corrected chi connectivity index (χ4v) is 3.44. The van der Waals surface area contributed by atoms with Gasteiger partial charge in [0.05, 0.1) is 6.20 Å². The molecule has 1 aromatic heterocycles. The van der Waals surface area contributed by atoms with Crippen molar-refractivity contribution in [1.29, 1.82) is 0 Å². The molecule has 1 aliphatic heterocycles. The normalized spacial score (nSPS) is 15.3. The Hall–Kier alpha value is -2.61. The third-order valence-electron chi connectivity index (χ3n) is 3.89. The number of carbonyl (C=O) groups excluding carboxylic acids is 1. The first-order valence-electron chi connectivity index (χ1n) is 7.50. The predicted molar refractivity (Wildman–Crippen MR) is 85.4 cm³/mol. The maximum atomic E-state index is 12.6. The number of nitrogens with zero attached hydrogens (tertiary/aromatic N) is 2. The van der Waals surface area contributed by atoms with E-state index in [9.17, 15) is 9.59 Å². The van der Waals surface area contributed by atoms with Crippen molar-refractivity contribution in [3.63, 3.8) is 0 Å². The molecule has 4 rings (SSSR count). The minimum absolute atomic E-state index is 0.0321. The number of carbonyl (C=O) groups is 2. The van der Waals surface area contributed by atoms with Crippen molar-refractivity contribution in [1.82, 2.24) is 9.88 Å². The van der Waals surface area contributed by atoms with E-state index in [1.165, 1.54) is 22.4 Å². The summed E-state index contributed by atoms with van der Waals surface area (Å²) in [5, 5.41) is 9.68. The predicted octanol–water partition coefficient (Wildman–Crippen LogP) is 2.23. The van der Waals surface area contributed by atoms with Gasteiger partial charge in [-0.25, -0.2) is 4.98 Å². The van der Waals surface area contributed by atoms with E-state index in [1.807, 2.05) is 18.2 Å². The fraction of sp³-hybridized carbons (Fsp3) is 0.312. The molecule has 0 radical (unpaired) electrons. The first kappa shape index (κ1) is 14.9. The van der Waals surface area contributed by atoms with Crippen molar-refractivity contribution < 1.29 is 24.2 Å². The molecule has 0 unspecified atom stereocenters. The summed E-state index contributed by atoms with van der Waals surface area (Å²) in [6.45, 7) is -0.0767. The summed E-state index contributed by atoms with van der Waals surface area (Å²) >= 11 is 1.25. The van der Waals surface area contributed by atoms with Gasteiger partial charge in [-0.05, 0) is 31.0 Å². The smallest absolute Gasteiger partial charge is 0.323 e. The largest absolute Gasteiger partial charge is 0.480 e. The van der Waals surface area contributed by atoms with Crippen LogP contribution in [0.2, 0.25) is 0 Å². The summed E-state index contributed by atoms with van der Waals surface area (Å²) in [4.78, 5) is 29.7. The Balaban J connectivity index is 1.57. The highest BCUT2D eigenvalue weighted by Gasteiger charge is 2.35. The molecule has 7 nitrogen and oxygen atoms in total. The number of hydrogen-bond acceptors (Lipinski definition) is 6. The van der Waals surface area contributed by atoms with Gasteiger partial charge < -0.3 is 19.5 Å². The monoisotopic (exact) mass is 346 g/mol. The van der Waals surface area contributed by atoms with E-state index in [-0.39, 0.29) is 25.3 Å². The molecule has 0 bridgehead atoms. The number of hydrogen-bond donors (Lipinski definition) is 1. The lowest BCUT2D eigenvalue weighted by Crippen LogP contribution is -2.37. The van der Waals surface area contributed by atoms with Crippen molar-refractivity contribution in [2.24, 2.45) is 0 Å². The molecule has 0 atom stereocenters. The number of aliphatic carboxylic acids is 1. The third-order valence-corrected chi connectivity index (χ3v) is 4.92. The number of thiazole rings is 1. The molecule has 0 spiro atoms. The summed E-state index contributed by atoms with van der Waals surface area (Å²) < 4.78 is 10.6. The second-order valence-electron chi connectivity index (χ2n) is 5.66. The standard InChI is InChI=1S/C16H14N2O5S/c19-14(20)7-18(10-2-3-10)16(21)13-6-17-15(24-13)9-1-4-11-12(5-9)23-8-22-11/h1,4-6,10H,2-3,7-8H2,(H,19,20). The number of benzene rings is 1. The highest BCUT2D eigenvalue weighted by Crippen LogP contribution is 2.37. The first-order valence-corrected chi connectivity index (χ1v) is 8.32. The Kier molecular flexibility index (Phi) is 3.61. The zero-order valence-corrected chi connectivity index (χ0v) is 13.4. The zero-order valence-electron chi connectivity index (χ0n) is 12.6. The molecule has 2 heterocycles. The van der Waals surface area contributed by atoms with Crippen LogP contribution in [0.5, 0.6) is 11.5 Å². The molecule has 8 heteroatoms. The van der Waals surface area contributed by atoms with Crippen LogP contribution in [-0.2, 0) is 4.79 Å². The molecule has 1 fully saturated rings. The molecule has 2 aliphatic rings. The van der Waals surface area contributed by atoms with Gasteiger partial charge in [-0.1, -0.05) is 0 Å². The van der Waals surface area contributed by atoms with Crippen LogP contribution in [0.15, 0.2) is 24.4 Å². The molecular weight excluding hydrogens is 332 g/mol. The molecule has 1 aromatic carbocycles. The highest BCUT2D eigenvalue weighted by molar-refractivity contribution is 7.16. The average Bonchev–Trinajstić information content (AvgIpc) is 3.10. The summed E-state index contributed by atoms with van der Waals surface area (Å²) in [5.41, 5.74) is 0.833. The zero-order chi connectivity index (χ0) is 16.7. The molecule has 2 aromatic rings. The number of fused-ring (bicyclic) bond motifs is 1. The lowest BCUT2D eigenvalue weighted by atomic mass is 10.2. The van der Waals surface area contributed by atoms with Crippen molar-refractivity contribution in [3.05, 3.63) is 29.3 Å². The SMILES string of the molecule is O=C(O)CN(C(=O)c1cnc(-c2ccc3c(c2)OCO3)s1)C1CC1. The van der Waals surface area contributed by atoms with E-state index in [0.717, 1.165) is 18.4 Å². The van der Waals surface area contributed by atoms with Crippen molar-refractivity contribution >= 4 is 23.2 Å². The second-order valence-corrected chi connectivity index (χ2v) is 6.69. The second kappa shape index (κ2) is 5.79.